The molecule has 0 radical (unpaired) electrons. The van der Waals surface area contributed by atoms with Crippen molar-refractivity contribution < 1.29 is 4.74 Å². The molecule has 0 saturated carbocycles. The lowest BCUT2D eigenvalue weighted by atomic mass is 10.0. The van der Waals surface area contributed by atoms with Crippen LogP contribution in [0.2, 0.25) is 0 Å². The van der Waals surface area contributed by atoms with Gasteiger partial charge in [0.05, 0.1) is 0 Å². The molecule has 5 heteroatoms. The van der Waals surface area contributed by atoms with Crippen molar-refractivity contribution in [2.45, 2.75) is 71.4 Å². The highest BCUT2D eigenvalue weighted by atomic mass is 16.5. The Bertz CT molecular complexity index is 444. The first kappa shape index (κ1) is 25.8. The first-order chi connectivity index (χ1) is 14.7. The number of hydrogen-bond donors (Lipinski definition) is 0. The van der Waals surface area contributed by atoms with Crippen LogP contribution in [-0.2, 0) is 4.74 Å². The molecule has 176 valence electrons. The van der Waals surface area contributed by atoms with Crippen molar-refractivity contribution >= 4 is 0 Å². The summed E-state index contributed by atoms with van der Waals surface area (Å²) in [6.07, 6.45) is 12.7. The largest absolute Gasteiger partial charge is 0.385 e. The summed E-state index contributed by atoms with van der Waals surface area (Å²) in [6.45, 7) is 19.9. The molecule has 0 amide bonds. The highest BCUT2D eigenvalue weighted by molar-refractivity contribution is 4.96. The Hall–Kier alpha value is -0.460. The summed E-state index contributed by atoms with van der Waals surface area (Å²) >= 11 is 0. The molecule has 2 saturated heterocycles. The topological polar surface area (TPSA) is 22.2 Å². The standard InChI is InChI=1S/C25H50N4O/c1-5-12-25(29-20-18-27(19-21-29)14-11-22-30-4)23-26(7-3)17-13-24(6-2)28-15-9-8-10-16-28/h5,12,24-25H,6-11,13-23H2,1-4H3/b12-5+. The van der Waals surface area contributed by atoms with Gasteiger partial charge in [0, 0.05) is 65.1 Å². The van der Waals surface area contributed by atoms with Crippen LogP contribution in [0.4, 0.5) is 0 Å². The highest BCUT2D eigenvalue weighted by Gasteiger charge is 2.24. The lowest BCUT2D eigenvalue weighted by Gasteiger charge is -2.40. The van der Waals surface area contributed by atoms with Gasteiger partial charge >= 0.3 is 0 Å². The van der Waals surface area contributed by atoms with Crippen LogP contribution < -0.4 is 0 Å². The molecular weight excluding hydrogens is 372 g/mol. The van der Waals surface area contributed by atoms with Crippen molar-refractivity contribution in [3.8, 4) is 0 Å². The van der Waals surface area contributed by atoms with E-state index in [9.17, 15) is 0 Å². The summed E-state index contributed by atoms with van der Waals surface area (Å²) in [5.74, 6) is 0. The highest BCUT2D eigenvalue weighted by Crippen LogP contribution is 2.18. The van der Waals surface area contributed by atoms with Crippen LogP contribution in [0.5, 0.6) is 0 Å². The molecule has 2 fully saturated rings. The van der Waals surface area contributed by atoms with Gasteiger partial charge in [-0.05, 0) is 65.2 Å². The molecule has 2 aliphatic heterocycles. The van der Waals surface area contributed by atoms with E-state index >= 15 is 0 Å². The molecule has 0 bridgehead atoms. The molecule has 0 aromatic carbocycles. The summed E-state index contributed by atoms with van der Waals surface area (Å²) in [5, 5.41) is 0. The van der Waals surface area contributed by atoms with E-state index in [0.717, 1.165) is 25.6 Å². The Morgan fingerprint density at radius 1 is 0.967 bits per heavy atom. The van der Waals surface area contributed by atoms with Gasteiger partial charge in [0.2, 0.25) is 0 Å². The summed E-state index contributed by atoms with van der Waals surface area (Å²) in [7, 11) is 1.80. The monoisotopic (exact) mass is 422 g/mol. The first-order valence-electron chi connectivity index (χ1n) is 12.8. The molecular formula is C25H50N4O. The number of piperazine rings is 1. The van der Waals surface area contributed by atoms with Crippen LogP contribution in [0.3, 0.4) is 0 Å². The maximum absolute atomic E-state index is 5.21. The smallest absolute Gasteiger partial charge is 0.0474 e. The third kappa shape index (κ3) is 8.96. The average Bonchev–Trinajstić information content (AvgIpc) is 2.79. The number of nitrogens with zero attached hydrogens (tertiary/aromatic N) is 4. The zero-order chi connectivity index (χ0) is 21.6. The van der Waals surface area contributed by atoms with Crippen LogP contribution in [0.25, 0.3) is 0 Å². The Labute approximate surface area is 187 Å². The Balaban J connectivity index is 1.80. The fourth-order valence-corrected chi connectivity index (χ4v) is 5.17. The zero-order valence-electron chi connectivity index (χ0n) is 20.5. The van der Waals surface area contributed by atoms with Crippen LogP contribution in [0, 0.1) is 0 Å². The second-order valence-corrected chi connectivity index (χ2v) is 9.16. The van der Waals surface area contributed by atoms with Crippen molar-refractivity contribution in [1.29, 1.82) is 0 Å². The SMILES string of the molecule is C/C=C/C(CN(CC)CCC(CC)N1CCCCC1)N1CCN(CCCOC)CC1. The lowest BCUT2D eigenvalue weighted by Crippen LogP contribution is -2.53. The van der Waals surface area contributed by atoms with Crippen LogP contribution in [0.1, 0.15) is 59.3 Å². The van der Waals surface area contributed by atoms with E-state index in [1.165, 1.54) is 91.0 Å². The van der Waals surface area contributed by atoms with E-state index in [1.807, 2.05) is 0 Å². The Kier molecular flexibility index (Phi) is 13.2. The molecule has 30 heavy (non-hydrogen) atoms. The number of ether oxygens (including phenoxy) is 1. The van der Waals surface area contributed by atoms with Gasteiger partial charge in [-0.3, -0.25) is 4.90 Å². The van der Waals surface area contributed by atoms with Crippen LogP contribution in [-0.4, -0.2) is 111 Å². The number of methoxy groups -OCH3 is 1. The maximum Gasteiger partial charge on any atom is 0.0474 e. The predicted molar refractivity (Wildman–Crippen MR) is 129 cm³/mol. The van der Waals surface area contributed by atoms with Crippen molar-refractivity contribution in [2.75, 3.05) is 79.2 Å². The van der Waals surface area contributed by atoms with Crippen molar-refractivity contribution in [1.82, 2.24) is 19.6 Å². The second-order valence-electron chi connectivity index (χ2n) is 9.16. The molecule has 5 nitrogen and oxygen atoms in total. The number of likely N-dealkylation sites (N-methyl/N-ethyl adjacent to an activating group) is 1. The van der Waals surface area contributed by atoms with Gasteiger partial charge in [0.25, 0.3) is 0 Å². The van der Waals surface area contributed by atoms with Crippen molar-refractivity contribution in [2.24, 2.45) is 0 Å². The van der Waals surface area contributed by atoms with Crippen molar-refractivity contribution in [3.63, 3.8) is 0 Å². The van der Waals surface area contributed by atoms with Gasteiger partial charge in [-0.25, -0.2) is 0 Å². The van der Waals surface area contributed by atoms with Gasteiger partial charge < -0.3 is 19.4 Å². The quantitative estimate of drug-likeness (QED) is 0.314. The third-order valence-electron chi connectivity index (χ3n) is 7.16. The number of hydrogen-bond acceptors (Lipinski definition) is 5. The maximum atomic E-state index is 5.21. The summed E-state index contributed by atoms with van der Waals surface area (Å²) in [4.78, 5) is 10.8. The summed E-state index contributed by atoms with van der Waals surface area (Å²) < 4.78 is 5.21. The van der Waals surface area contributed by atoms with E-state index in [0.29, 0.717) is 6.04 Å². The number of piperidine rings is 1. The van der Waals surface area contributed by atoms with Gasteiger partial charge in [-0.1, -0.05) is 32.4 Å². The van der Waals surface area contributed by atoms with E-state index in [1.54, 1.807) is 7.11 Å². The number of allylic oxidation sites excluding steroid dienone is 1. The molecule has 0 aliphatic carbocycles. The molecule has 2 heterocycles. The molecule has 2 atom stereocenters. The average molecular weight is 423 g/mol. The fraction of sp³-hybridized carbons (Fsp3) is 0.920. The third-order valence-corrected chi connectivity index (χ3v) is 7.16. The summed E-state index contributed by atoms with van der Waals surface area (Å²) in [5.41, 5.74) is 0. The first-order valence-corrected chi connectivity index (χ1v) is 12.8. The number of rotatable bonds is 14. The molecule has 2 unspecified atom stereocenters. The minimum Gasteiger partial charge on any atom is -0.385 e. The molecule has 0 N–H and O–H groups in total. The van der Waals surface area contributed by atoms with E-state index in [-0.39, 0.29) is 0 Å². The number of likely N-dealkylation sites (tertiary alicyclic amines) is 1. The minimum atomic E-state index is 0.547. The van der Waals surface area contributed by atoms with Crippen LogP contribution in [0.15, 0.2) is 12.2 Å². The molecule has 2 aliphatic rings. The minimum absolute atomic E-state index is 0.547. The fourth-order valence-electron chi connectivity index (χ4n) is 5.17. The lowest BCUT2D eigenvalue weighted by molar-refractivity contribution is 0.0824. The molecule has 0 aromatic rings. The normalized spacial score (nSPS) is 22.2. The second kappa shape index (κ2) is 15.4. The van der Waals surface area contributed by atoms with Crippen LogP contribution >= 0.6 is 0 Å². The van der Waals surface area contributed by atoms with E-state index in [2.05, 4.69) is 52.5 Å². The van der Waals surface area contributed by atoms with Crippen molar-refractivity contribution in [3.05, 3.63) is 12.2 Å². The van der Waals surface area contributed by atoms with Gasteiger partial charge in [0.15, 0.2) is 0 Å². The van der Waals surface area contributed by atoms with Gasteiger partial charge in [-0.15, -0.1) is 0 Å². The Morgan fingerprint density at radius 3 is 2.30 bits per heavy atom. The summed E-state index contributed by atoms with van der Waals surface area (Å²) in [6, 6.07) is 1.32. The molecule has 2 rings (SSSR count). The van der Waals surface area contributed by atoms with Gasteiger partial charge in [0.1, 0.15) is 0 Å². The van der Waals surface area contributed by atoms with E-state index < -0.39 is 0 Å². The predicted octanol–water partition coefficient (Wildman–Crippen LogP) is 3.56. The Morgan fingerprint density at radius 2 is 1.70 bits per heavy atom. The molecule has 0 spiro atoms. The van der Waals surface area contributed by atoms with E-state index in [4.69, 9.17) is 4.74 Å². The molecule has 0 aromatic heterocycles. The van der Waals surface area contributed by atoms with Gasteiger partial charge in [-0.2, -0.15) is 0 Å². The zero-order valence-corrected chi connectivity index (χ0v) is 20.5.